The second-order valence-corrected chi connectivity index (χ2v) is 6.73. The first-order valence-electron chi connectivity index (χ1n) is 8.86. The molecule has 2 saturated heterocycles. The number of rotatable bonds is 4. The van der Waals surface area contributed by atoms with Gasteiger partial charge in [0, 0.05) is 6.54 Å². The van der Waals surface area contributed by atoms with Gasteiger partial charge >= 0.3 is 5.97 Å². The second kappa shape index (κ2) is 6.35. The fourth-order valence-corrected chi connectivity index (χ4v) is 4.42. The number of hydrogen-bond acceptors (Lipinski definition) is 6. The van der Waals surface area contributed by atoms with E-state index in [0.717, 1.165) is 0 Å². The van der Waals surface area contributed by atoms with Crippen LogP contribution in [0.5, 0.6) is 0 Å². The fraction of sp³-hybridized carbons (Fsp3) is 0.350. The van der Waals surface area contributed by atoms with Crippen molar-refractivity contribution in [1.29, 1.82) is 0 Å². The van der Waals surface area contributed by atoms with E-state index >= 15 is 0 Å². The Bertz CT molecular complexity index is 879. The van der Waals surface area contributed by atoms with Crippen LogP contribution in [0.25, 0.3) is 0 Å². The Hall–Kier alpha value is -2.93. The van der Waals surface area contributed by atoms with Crippen LogP contribution in [0, 0.1) is 11.8 Å². The number of hydrogen-bond donors (Lipinski definition) is 1. The van der Waals surface area contributed by atoms with Gasteiger partial charge in [0.25, 0.3) is 0 Å². The van der Waals surface area contributed by atoms with Crippen LogP contribution in [0.1, 0.15) is 24.3 Å². The van der Waals surface area contributed by atoms with Gasteiger partial charge in [0.15, 0.2) is 5.54 Å². The lowest BCUT2D eigenvalue weighted by Gasteiger charge is -2.32. The number of likely N-dealkylation sites (tertiary alicyclic amines) is 1. The quantitative estimate of drug-likeness (QED) is 0.652. The third-order valence-electron chi connectivity index (χ3n) is 5.55. The van der Waals surface area contributed by atoms with Gasteiger partial charge in [0.05, 0.1) is 31.3 Å². The third kappa shape index (κ3) is 2.28. The molecule has 2 aliphatic rings. The van der Waals surface area contributed by atoms with Crippen LogP contribution in [0.3, 0.4) is 0 Å². The van der Waals surface area contributed by atoms with Gasteiger partial charge in [0.1, 0.15) is 5.76 Å². The average Bonchev–Trinajstić information content (AvgIpc) is 3.39. The van der Waals surface area contributed by atoms with Crippen molar-refractivity contribution in [2.45, 2.75) is 18.5 Å². The van der Waals surface area contributed by atoms with Gasteiger partial charge in [-0.2, -0.15) is 0 Å². The maximum absolute atomic E-state index is 13.2. The van der Waals surface area contributed by atoms with Crippen molar-refractivity contribution in [3.8, 4) is 0 Å². The minimum absolute atomic E-state index is 0.252. The average molecular weight is 368 g/mol. The lowest BCUT2D eigenvalue weighted by atomic mass is 9.75. The van der Waals surface area contributed by atoms with Gasteiger partial charge in [-0.25, -0.2) is 4.79 Å². The molecule has 1 N–H and O–H groups in total. The van der Waals surface area contributed by atoms with Crippen molar-refractivity contribution >= 4 is 17.8 Å². The van der Waals surface area contributed by atoms with Gasteiger partial charge in [-0.15, -0.1) is 0 Å². The minimum atomic E-state index is -1.46. The monoisotopic (exact) mass is 368 g/mol. The molecule has 4 rings (SSSR count). The summed E-state index contributed by atoms with van der Waals surface area (Å²) >= 11 is 0. The van der Waals surface area contributed by atoms with Crippen LogP contribution in [0.2, 0.25) is 0 Å². The summed E-state index contributed by atoms with van der Waals surface area (Å²) in [6, 6.07) is 11.8. The molecule has 7 heteroatoms. The standard InChI is InChI=1S/C20H20N2O5/c1-3-22-17(23)14-15(18(22)24)20(19(25)26-2,12-8-5-4-6-9-12)21-16(14)13-10-7-11-27-13/h4-11,14-16,21H,3H2,1-2H3/t14-,15-,16-,20-/m0/s1. The van der Waals surface area contributed by atoms with E-state index in [1.54, 1.807) is 43.3 Å². The normalized spacial score (nSPS) is 29.9. The molecular formula is C20H20N2O5. The molecule has 1 aromatic heterocycles. The van der Waals surface area contributed by atoms with E-state index in [1.165, 1.54) is 18.3 Å². The Morgan fingerprint density at radius 2 is 1.93 bits per heavy atom. The largest absolute Gasteiger partial charge is 0.468 e. The first-order valence-corrected chi connectivity index (χ1v) is 8.86. The summed E-state index contributed by atoms with van der Waals surface area (Å²) in [5, 5.41) is 3.24. The molecule has 4 atom stereocenters. The molecular weight excluding hydrogens is 348 g/mol. The molecule has 0 aliphatic carbocycles. The lowest BCUT2D eigenvalue weighted by Crippen LogP contribution is -2.53. The Morgan fingerprint density at radius 1 is 1.19 bits per heavy atom. The number of carbonyl (C=O) groups excluding carboxylic acids is 3. The molecule has 0 spiro atoms. The van der Waals surface area contributed by atoms with E-state index in [1.807, 2.05) is 6.07 Å². The number of nitrogens with one attached hydrogen (secondary N) is 1. The van der Waals surface area contributed by atoms with Crippen molar-refractivity contribution < 1.29 is 23.5 Å². The van der Waals surface area contributed by atoms with Crippen LogP contribution in [-0.4, -0.2) is 36.3 Å². The summed E-state index contributed by atoms with van der Waals surface area (Å²) in [6.45, 7) is 2.00. The second-order valence-electron chi connectivity index (χ2n) is 6.73. The summed E-state index contributed by atoms with van der Waals surface area (Å²) < 4.78 is 10.6. The number of nitrogens with zero attached hydrogens (tertiary/aromatic N) is 1. The molecule has 3 heterocycles. The Morgan fingerprint density at radius 3 is 2.52 bits per heavy atom. The molecule has 2 aliphatic heterocycles. The number of furan rings is 1. The van der Waals surface area contributed by atoms with Crippen LogP contribution in [0.15, 0.2) is 53.1 Å². The highest BCUT2D eigenvalue weighted by Crippen LogP contribution is 2.53. The number of amides is 2. The fourth-order valence-electron chi connectivity index (χ4n) is 4.42. The Balaban J connectivity index is 1.95. The van der Waals surface area contributed by atoms with Gasteiger partial charge in [-0.3, -0.25) is 19.8 Å². The molecule has 0 unspecified atom stereocenters. The van der Waals surface area contributed by atoms with Crippen LogP contribution in [0.4, 0.5) is 0 Å². The molecule has 0 saturated carbocycles. The maximum atomic E-state index is 13.2. The van der Waals surface area contributed by atoms with Gasteiger partial charge in [0.2, 0.25) is 11.8 Å². The van der Waals surface area contributed by atoms with Gasteiger partial charge in [-0.05, 0) is 24.6 Å². The molecule has 1 aromatic carbocycles. The zero-order valence-corrected chi connectivity index (χ0v) is 15.0. The van der Waals surface area contributed by atoms with Crippen molar-refractivity contribution in [3.63, 3.8) is 0 Å². The van der Waals surface area contributed by atoms with E-state index in [4.69, 9.17) is 9.15 Å². The summed E-state index contributed by atoms with van der Waals surface area (Å²) in [4.78, 5) is 40.5. The number of esters is 1. The number of benzene rings is 1. The molecule has 140 valence electrons. The van der Waals surface area contributed by atoms with Crippen molar-refractivity contribution in [2.24, 2.45) is 11.8 Å². The van der Waals surface area contributed by atoms with Crippen LogP contribution in [-0.2, 0) is 24.7 Å². The molecule has 2 fully saturated rings. The van der Waals surface area contributed by atoms with E-state index in [9.17, 15) is 14.4 Å². The number of fused-ring (bicyclic) bond motifs is 1. The van der Waals surface area contributed by atoms with Crippen LogP contribution >= 0.6 is 0 Å². The molecule has 2 aromatic rings. The topological polar surface area (TPSA) is 88.9 Å². The summed E-state index contributed by atoms with van der Waals surface area (Å²) in [5.74, 6) is -2.42. The van der Waals surface area contributed by atoms with Crippen molar-refractivity contribution in [2.75, 3.05) is 13.7 Å². The highest BCUT2D eigenvalue weighted by atomic mass is 16.5. The molecule has 27 heavy (non-hydrogen) atoms. The summed E-state index contributed by atoms with van der Waals surface area (Å²) in [7, 11) is 1.28. The van der Waals surface area contributed by atoms with Gasteiger partial charge in [-0.1, -0.05) is 30.3 Å². The molecule has 0 radical (unpaired) electrons. The van der Waals surface area contributed by atoms with Gasteiger partial charge < -0.3 is 9.15 Å². The lowest BCUT2D eigenvalue weighted by molar-refractivity contribution is -0.154. The first kappa shape index (κ1) is 17.5. The Labute approximate surface area is 156 Å². The number of imide groups is 1. The molecule has 2 amide bonds. The highest BCUT2D eigenvalue weighted by molar-refractivity contribution is 6.09. The molecule has 0 bridgehead atoms. The zero-order chi connectivity index (χ0) is 19.2. The first-order chi connectivity index (χ1) is 13.1. The SMILES string of the molecule is CCN1C(=O)[C@H]2[C@@H](C1=O)[C@](C(=O)OC)(c1ccccc1)N[C@H]2c1ccco1. The number of ether oxygens (including phenoxy) is 1. The van der Waals surface area contributed by atoms with E-state index in [0.29, 0.717) is 11.3 Å². The third-order valence-corrected chi connectivity index (χ3v) is 5.55. The highest BCUT2D eigenvalue weighted by Gasteiger charge is 2.69. The predicted molar refractivity (Wildman–Crippen MR) is 94.1 cm³/mol. The summed E-state index contributed by atoms with van der Waals surface area (Å²) in [6.07, 6.45) is 1.51. The summed E-state index contributed by atoms with van der Waals surface area (Å²) in [5.41, 5.74) is -0.880. The number of methoxy groups -OCH3 is 1. The van der Waals surface area contributed by atoms with E-state index in [2.05, 4.69) is 5.32 Å². The van der Waals surface area contributed by atoms with Crippen molar-refractivity contribution in [1.82, 2.24) is 10.2 Å². The minimum Gasteiger partial charge on any atom is -0.468 e. The smallest absolute Gasteiger partial charge is 0.331 e. The number of carbonyl (C=O) groups is 3. The predicted octanol–water partition coefficient (Wildman–Crippen LogP) is 1.61. The zero-order valence-electron chi connectivity index (χ0n) is 15.0. The van der Waals surface area contributed by atoms with Crippen molar-refractivity contribution in [3.05, 3.63) is 60.1 Å². The van der Waals surface area contributed by atoms with E-state index < -0.39 is 29.4 Å². The Kier molecular flexibility index (Phi) is 4.11. The molecule has 7 nitrogen and oxygen atoms in total. The van der Waals surface area contributed by atoms with E-state index in [-0.39, 0.29) is 18.4 Å². The van der Waals surface area contributed by atoms with Crippen LogP contribution < -0.4 is 5.32 Å². The maximum Gasteiger partial charge on any atom is 0.331 e.